The molecule has 10 heteroatoms. The van der Waals surface area contributed by atoms with E-state index in [2.05, 4.69) is 10.6 Å². The zero-order valence-electron chi connectivity index (χ0n) is 20.6. The summed E-state index contributed by atoms with van der Waals surface area (Å²) in [7, 11) is 0. The van der Waals surface area contributed by atoms with Crippen LogP contribution in [0, 0.1) is 0 Å². The van der Waals surface area contributed by atoms with Gasteiger partial charge in [0.15, 0.2) is 0 Å². The number of nitrogens with two attached hydrogens (primary N) is 1. The van der Waals surface area contributed by atoms with E-state index in [1.54, 1.807) is 12.1 Å². The minimum atomic E-state index is -1.33. The summed E-state index contributed by atoms with van der Waals surface area (Å²) < 4.78 is 0. The maximum Gasteiger partial charge on any atom is 0.326 e. The van der Waals surface area contributed by atoms with E-state index in [0.717, 1.165) is 16.0 Å². The molecule has 1 fully saturated rings. The van der Waals surface area contributed by atoms with Crippen LogP contribution in [-0.2, 0) is 32.0 Å². The molecule has 37 heavy (non-hydrogen) atoms. The molecule has 0 saturated carbocycles. The number of rotatable bonds is 12. The Labute approximate surface area is 215 Å². The number of hydrogen-bond donors (Lipinski definition) is 5. The summed E-state index contributed by atoms with van der Waals surface area (Å²) in [5.74, 6) is -2.88. The molecule has 6 N–H and O–H groups in total. The molecule has 0 radical (unpaired) electrons. The lowest BCUT2D eigenvalue weighted by molar-refractivity contribution is -0.150. The number of nitrogens with zero attached hydrogens (tertiary/aromatic N) is 1. The molecule has 10 nitrogen and oxygen atoms in total. The normalized spacial score (nSPS) is 17.5. The molecular formula is C27H34N4O6. The largest absolute Gasteiger partial charge is 0.480 e. The molecule has 2 aromatic rings. The number of aliphatic hydroxyl groups excluding tert-OH is 1. The van der Waals surface area contributed by atoms with E-state index < -0.39 is 54.5 Å². The molecule has 3 rings (SSSR count). The number of hydrogen-bond acceptors (Lipinski definition) is 6. The van der Waals surface area contributed by atoms with Crippen LogP contribution >= 0.6 is 0 Å². The van der Waals surface area contributed by atoms with E-state index in [0.29, 0.717) is 19.3 Å². The standard InChI is InChI=1S/C27H34N4O6/c28-20(14-18-8-3-1-4-9-18)16-24(33)29-21(15-19-10-5-2-6-11-19)25(34)30-22(17-32)26(35)31-13-7-12-23(31)27(36)37/h1-6,8-11,20-23,32H,7,12-17,28H2,(H,29,33)(H,30,34)(H,36,37). The number of carboxylic acid groups (broad SMARTS) is 1. The van der Waals surface area contributed by atoms with Gasteiger partial charge < -0.3 is 31.5 Å². The summed E-state index contributed by atoms with van der Waals surface area (Å²) in [5.41, 5.74) is 7.95. The van der Waals surface area contributed by atoms with Crippen molar-refractivity contribution in [2.75, 3.05) is 13.2 Å². The van der Waals surface area contributed by atoms with Gasteiger partial charge >= 0.3 is 5.97 Å². The second-order valence-corrected chi connectivity index (χ2v) is 9.24. The van der Waals surface area contributed by atoms with E-state index in [4.69, 9.17) is 5.73 Å². The fourth-order valence-corrected chi connectivity index (χ4v) is 4.48. The maximum absolute atomic E-state index is 13.2. The van der Waals surface area contributed by atoms with E-state index in [1.807, 2.05) is 48.5 Å². The van der Waals surface area contributed by atoms with Gasteiger partial charge in [-0.05, 0) is 30.4 Å². The summed E-state index contributed by atoms with van der Waals surface area (Å²) in [6.07, 6.45) is 1.46. The molecule has 1 aliphatic heterocycles. The molecular weight excluding hydrogens is 476 g/mol. The van der Waals surface area contributed by atoms with Crippen molar-refractivity contribution >= 4 is 23.7 Å². The number of nitrogens with one attached hydrogen (secondary N) is 2. The average molecular weight is 511 g/mol. The quantitative estimate of drug-likeness (QED) is 0.273. The Morgan fingerprint density at radius 3 is 2.08 bits per heavy atom. The lowest BCUT2D eigenvalue weighted by Crippen LogP contribution is -2.57. The van der Waals surface area contributed by atoms with Gasteiger partial charge in [-0.15, -0.1) is 0 Å². The van der Waals surface area contributed by atoms with E-state index >= 15 is 0 Å². The minimum Gasteiger partial charge on any atom is -0.480 e. The molecule has 0 spiro atoms. The highest BCUT2D eigenvalue weighted by molar-refractivity contribution is 5.94. The van der Waals surface area contributed by atoms with Crippen LogP contribution in [0.4, 0.5) is 0 Å². The summed E-state index contributed by atoms with van der Waals surface area (Å²) in [6.45, 7) is -0.479. The van der Waals surface area contributed by atoms with Crippen LogP contribution in [0.1, 0.15) is 30.4 Å². The SMILES string of the molecule is NC(CC(=O)NC(Cc1ccccc1)C(=O)NC(CO)C(=O)N1CCCC1C(=O)O)Cc1ccccc1. The first kappa shape index (κ1) is 27.8. The second kappa shape index (κ2) is 13.5. The average Bonchev–Trinajstić information content (AvgIpc) is 3.38. The molecule has 2 aromatic carbocycles. The second-order valence-electron chi connectivity index (χ2n) is 9.24. The van der Waals surface area contributed by atoms with Crippen LogP contribution in [0.5, 0.6) is 0 Å². The minimum absolute atomic E-state index is 0.0100. The van der Waals surface area contributed by atoms with E-state index in [1.165, 1.54) is 0 Å². The van der Waals surface area contributed by atoms with Crippen LogP contribution in [-0.4, -0.2) is 76.1 Å². The molecule has 198 valence electrons. The first-order valence-corrected chi connectivity index (χ1v) is 12.4. The van der Waals surface area contributed by atoms with Crippen molar-refractivity contribution in [1.29, 1.82) is 0 Å². The molecule has 4 unspecified atom stereocenters. The van der Waals surface area contributed by atoms with Crippen molar-refractivity contribution in [2.24, 2.45) is 5.73 Å². The Morgan fingerprint density at radius 2 is 1.51 bits per heavy atom. The first-order valence-electron chi connectivity index (χ1n) is 12.4. The van der Waals surface area contributed by atoms with Gasteiger partial charge in [0, 0.05) is 25.4 Å². The zero-order valence-corrected chi connectivity index (χ0v) is 20.6. The number of carboxylic acids is 1. The first-order chi connectivity index (χ1) is 17.8. The van der Waals surface area contributed by atoms with E-state index in [-0.39, 0.29) is 19.4 Å². The Morgan fingerprint density at radius 1 is 0.919 bits per heavy atom. The van der Waals surface area contributed by atoms with Crippen molar-refractivity contribution in [2.45, 2.75) is 56.3 Å². The molecule has 1 saturated heterocycles. The number of carbonyl (C=O) groups is 4. The monoisotopic (exact) mass is 510 g/mol. The van der Waals surface area contributed by atoms with Crippen molar-refractivity contribution in [3.8, 4) is 0 Å². The summed E-state index contributed by atoms with van der Waals surface area (Å²) in [4.78, 5) is 51.6. The topological polar surface area (TPSA) is 162 Å². The highest BCUT2D eigenvalue weighted by atomic mass is 16.4. The molecule has 0 bridgehead atoms. The highest BCUT2D eigenvalue weighted by Gasteiger charge is 2.38. The smallest absolute Gasteiger partial charge is 0.326 e. The van der Waals surface area contributed by atoms with Gasteiger partial charge in [-0.2, -0.15) is 0 Å². The molecule has 1 heterocycles. The van der Waals surface area contributed by atoms with Crippen molar-refractivity contribution in [3.63, 3.8) is 0 Å². The number of aliphatic hydroxyl groups is 1. The number of benzene rings is 2. The third kappa shape index (κ3) is 8.12. The molecule has 3 amide bonds. The summed E-state index contributed by atoms with van der Waals surface area (Å²) in [5, 5.41) is 24.4. The van der Waals surface area contributed by atoms with Crippen molar-refractivity contribution < 1.29 is 29.4 Å². The third-order valence-corrected chi connectivity index (χ3v) is 6.34. The number of aliphatic carboxylic acids is 1. The van der Waals surface area contributed by atoms with Gasteiger partial charge in [0.05, 0.1) is 6.61 Å². The predicted molar refractivity (Wildman–Crippen MR) is 136 cm³/mol. The number of likely N-dealkylation sites (tertiary alicyclic amines) is 1. The van der Waals surface area contributed by atoms with Crippen LogP contribution in [0.3, 0.4) is 0 Å². The van der Waals surface area contributed by atoms with Crippen LogP contribution in [0.2, 0.25) is 0 Å². The van der Waals surface area contributed by atoms with Gasteiger partial charge in [-0.25, -0.2) is 4.79 Å². The Kier molecular flexibility index (Phi) is 10.2. The number of carbonyl (C=O) groups excluding carboxylic acids is 3. The lowest BCUT2D eigenvalue weighted by atomic mass is 10.0. The predicted octanol–water partition coefficient (Wildman–Crippen LogP) is 0.227. The third-order valence-electron chi connectivity index (χ3n) is 6.34. The lowest BCUT2D eigenvalue weighted by Gasteiger charge is -2.28. The fourth-order valence-electron chi connectivity index (χ4n) is 4.48. The Hall–Kier alpha value is -3.76. The zero-order chi connectivity index (χ0) is 26.8. The van der Waals surface area contributed by atoms with Gasteiger partial charge in [0.1, 0.15) is 18.1 Å². The molecule has 0 aliphatic carbocycles. The van der Waals surface area contributed by atoms with Crippen LogP contribution in [0.15, 0.2) is 60.7 Å². The summed E-state index contributed by atoms with van der Waals surface area (Å²) in [6, 6.07) is 14.8. The highest BCUT2D eigenvalue weighted by Crippen LogP contribution is 2.18. The van der Waals surface area contributed by atoms with Crippen LogP contribution < -0.4 is 16.4 Å². The molecule has 0 aromatic heterocycles. The molecule has 1 aliphatic rings. The number of amides is 3. The van der Waals surface area contributed by atoms with Crippen molar-refractivity contribution in [3.05, 3.63) is 71.8 Å². The summed E-state index contributed by atoms with van der Waals surface area (Å²) >= 11 is 0. The van der Waals surface area contributed by atoms with Crippen molar-refractivity contribution in [1.82, 2.24) is 15.5 Å². The Balaban J connectivity index is 1.67. The Bertz CT molecular complexity index is 1070. The fraction of sp³-hybridized carbons (Fsp3) is 0.407. The van der Waals surface area contributed by atoms with Gasteiger partial charge in [0.2, 0.25) is 17.7 Å². The molecule has 4 atom stereocenters. The maximum atomic E-state index is 13.2. The van der Waals surface area contributed by atoms with Crippen LogP contribution in [0.25, 0.3) is 0 Å². The van der Waals surface area contributed by atoms with Gasteiger partial charge in [-0.1, -0.05) is 60.7 Å². The van der Waals surface area contributed by atoms with E-state index in [9.17, 15) is 29.4 Å². The van der Waals surface area contributed by atoms with Gasteiger partial charge in [0.25, 0.3) is 0 Å². The van der Waals surface area contributed by atoms with Gasteiger partial charge in [-0.3, -0.25) is 14.4 Å².